The predicted molar refractivity (Wildman–Crippen MR) is 99.4 cm³/mol. The maximum absolute atomic E-state index is 12.0. The fourth-order valence-corrected chi connectivity index (χ4v) is 2.36. The zero-order valence-corrected chi connectivity index (χ0v) is 15.9. The number of carbonyl (C=O) groups excluding carboxylic acids is 3. The molecule has 1 N–H and O–H groups in total. The minimum Gasteiger partial charge on any atom is -0.445 e. The van der Waals surface area contributed by atoms with Gasteiger partial charge in [-0.1, -0.05) is 30.3 Å². The van der Waals surface area contributed by atoms with Crippen molar-refractivity contribution >= 4 is 17.9 Å². The number of rotatable bonds is 10. The molecule has 0 aliphatic carbocycles. The quantitative estimate of drug-likeness (QED) is 0.645. The Balaban J connectivity index is 2.18. The van der Waals surface area contributed by atoms with E-state index >= 15 is 0 Å². The Labute approximate surface area is 155 Å². The lowest BCUT2D eigenvalue weighted by Crippen LogP contribution is -2.41. The third-order valence-corrected chi connectivity index (χ3v) is 3.96. The second-order valence-corrected chi connectivity index (χ2v) is 5.91. The van der Waals surface area contributed by atoms with Gasteiger partial charge in [0.1, 0.15) is 6.61 Å². The monoisotopic (exact) mass is 363 g/mol. The van der Waals surface area contributed by atoms with E-state index in [2.05, 4.69) is 5.32 Å². The first-order valence-electron chi connectivity index (χ1n) is 8.94. The summed E-state index contributed by atoms with van der Waals surface area (Å²) in [6.07, 6.45) is 0.246. The van der Waals surface area contributed by atoms with E-state index in [0.29, 0.717) is 26.1 Å². The minimum atomic E-state index is -0.508. The van der Waals surface area contributed by atoms with Crippen LogP contribution >= 0.6 is 0 Å². The predicted octanol–water partition coefficient (Wildman–Crippen LogP) is 2.02. The Bertz CT molecular complexity index is 573. The molecule has 0 aromatic heterocycles. The maximum atomic E-state index is 12.0. The number of benzene rings is 1. The molecule has 0 saturated carbocycles. The minimum absolute atomic E-state index is 0.0616. The van der Waals surface area contributed by atoms with Crippen molar-refractivity contribution in [2.75, 3.05) is 33.2 Å². The van der Waals surface area contributed by atoms with Gasteiger partial charge in [0.05, 0.1) is 6.54 Å². The van der Waals surface area contributed by atoms with Gasteiger partial charge in [-0.15, -0.1) is 0 Å². The first-order chi connectivity index (χ1) is 12.5. The van der Waals surface area contributed by atoms with Crippen molar-refractivity contribution in [1.29, 1.82) is 0 Å². The molecular formula is C19H29N3O4. The average Bonchev–Trinajstić information content (AvgIpc) is 2.65. The van der Waals surface area contributed by atoms with Crippen LogP contribution < -0.4 is 5.32 Å². The zero-order chi connectivity index (χ0) is 19.4. The molecule has 26 heavy (non-hydrogen) atoms. The summed E-state index contributed by atoms with van der Waals surface area (Å²) in [5.41, 5.74) is 0.914. The lowest BCUT2D eigenvalue weighted by atomic mass is 10.2. The van der Waals surface area contributed by atoms with Crippen LogP contribution in [0.5, 0.6) is 0 Å². The van der Waals surface area contributed by atoms with Gasteiger partial charge in [-0.2, -0.15) is 0 Å². The molecule has 3 amide bonds. The summed E-state index contributed by atoms with van der Waals surface area (Å²) in [7, 11) is 1.62. The molecule has 1 aromatic rings. The molecule has 0 atom stereocenters. The third-order valence-electron chi connectivity index (χ3n) is 3.96. The highest BCUT2D eigenvalue weighted by atomic mass is 16.5. The van der Waals surface area contributed by atoms with Gasteiger partial charge < -0.3 is 19.9 Å². The van der Waals surface area contributed by atoms with E-state index < -0.39 is 6.09 Å². The molecule has 0 bridgehead atoms. The van der Waals surface area contributed by atoms with Gasteiger partial charge in [0, 0.05) is 33.1 Å². The van der Waals surface area contributed by atoms with E-state index in [9.17, 15) is 14.4 Å². The zero-order valence-electron chi connectivity index (χ0n) is 15.9. The summed E-state index contributed by atoms with van der Waals surface area (Å²) < 4.78 is 5.09. The second kappa shape index (κ2) is 11.9. The van der Waals surface area contributed by atoms with Crippen LogP contribution in [0, 0.1) is 0 Å². The number of hydrogen-bond acceptors (Lipinski definition) is 4. The molecule has 1 rings (SSSR count). The van der Waals surface area contributed by atoms with Crippen molar-refractivity contribution in [3.05, 3.63) is 35.9 Å². The standard InChI is InChI=1S/C19H29N3O4/c1-4-22(5-2)18(24)14-21(3)17(23)12-9-13-20-19(25)26-15-16-10-7-6-8-11-16/h6-8,10-11H,4-5,9,12-15H2,1-3H3,(H,20,25). The fourth-order valence-electron chi connectivity index (χ4n) is 2.36. The van der Waals surface area contributed by atoms with Crippen LogP contribution in [0.2, 0.25) is 0 Å². The first-order valence-corrected chi connectivity index (χ1v) is 8.94. The van der Waals surface area contributed by atoms with Crippen LogP contribution in [0.3, 0.4) is 0 Å². The number of hydrogen-bond donors (Lipinski definition) is 1. The molecule has 0 spiro atoms. The van der Waals surface area contributed by atoms with E-state index in [4.69, 9.17) is 4.74 Å². The summed E-state index contributed by atoms with van der Waals surface area (Å²) in [6, 6.07) is 9.41. The van der Waals surface area contributed by atoms with Crippen LogP contribution in [0.15, 0.2) is 30.3 Å². The van der Waals surface area contributed by atoms with Crippen LogP contribution in [0.25, 0.3) is 0 Å². The SMILES string of the molecule is CCN(CC)C(=O)CN(C)C(=O)CCCNC(=O)OCc1ccccc1. The normalized spacial score (nSPS) is 10.1. The van der Waals surface area contributed by atoms with E-state index in [0.717, 1.165) is 5.56 Å². The number of alkyl carbamates (subject to hydrolysis) is 1. The largest absolute Gasteiger partial charge is 0.445 e. The van der Waals surface area contributed by atoms with Gasteiger partial charge in [-0.3, -0.25) is 9.59 Å². The Morgan fingerprint density at radius 1 is 1.04 bits per heavy atom. The molecule has 7 nitrogen and oxygen atoms in total. The molecule has 0 unspecified atom stereocenters. The molecule has 0 aliphatic heterocycles. The van der Waals surface area contributed by atoms with E-state index in [1.807, 2.05) is 44.2 Å². The lowest BCUT2D eigenvalue weighted by molar-refractivity contribution is -0.139. The van der Waals surface area contributed by atoms with Crippen molar-refractivity contribution < 1.29 is 19.1 Å². The highest BCUT2D eigenvalue weighted by Crippen LogP contribution is 2.01. The molecule has 0 saturated heterocycles. The number of ether oxygens (including phenoxy) is 1. The van der Waals surface area contributed by atoms with Gasteiger partial charge >= 0.3 is 6.09 Å². The van der Waals surface area contributed by atoms with Crippen LogP contribution in [-0.4, -0.2) is 60.9 Å². The van der Waals surface area contributed by atoms with Gasteiger partial charge in [-0.05, 0) is 25.8 Å². The summed E-state index contributed by atoms with van der Waals surface area (Å²) in [6.45, 7) is 5.71. The maximum Gasteiger partial charge on any atom is 0.407 e. The van der Waals surface area contributed by atoms with Gasteiger partial charge in [0.15, 0.2) is 0 Å². The van der Waals surface area contributed by atoms with Gasteiger partial charge in [0.2, 0.25) is 11.8 Å². The van der Waals surface area contributed by atoms with Crippen molar-refractivity contribution in [3.8, 4) is 0 Å². The Kier molecular flexibility index (Phi) is 9.82. The Morgan fingerprint density at radius 3 is 2.31 bits per heavy atom. The fraction of sp³-hybridized carbons (Fsp3) is 0.526. The molecule has 0 radical (unpaired) electrons. The highest BCUT2D eigenvalue weighted by molar-refractivity contribution is 5.84. The van der Waals surface area contributed by atoms with Crippen LogP contribution in [0.4, 0.5) is 4.79 Å². The Morgan fingerprint density at radius 2 is 1.69 bits per heavy atom. The van der Waals surface area contributed by atoms with Crippen molar-refractivity contribution in [2.24, 2.45) is 0 Å². The Hall–Kier alpha value is -2.57. The summed E-state index contributed by atoms with van der Waals surface area (Å²) >= 11 is 0. The van der Waals surface area contributed by atoms with Crippen LogP contribution in [0.1, 0.15) is 32.3 Å². The molecule has 0 aliphatic rings. The summed E-state index contributed by atoms with van der Waals surface area (Å²) in [5.74, 6) is -0.182. The van der Waals surface area contributed by atoms with E-state index in [1.54, 1.807) is 11.9 Å². The summed E-state index contributed by atoms with van der Waals surface area (Å²) in [5, 5.41) is 2.62. The third kappa shape index (κ3) is 8.00. The number of nitrogens with one attached hydrogen (secondary N) is 1. The lowest BCUT2D eigenvalue weighted by Gasteiger charge is -2.23. The molecular weight excluding hydrogens is 334 g/mol. The van der Waals surface area contributed by atoms with E-state index in [1.165, 1.54) is 4.90 Å². The topological polar surface area (TPSA) is 79.0 Å². The highest BCUT2D eigenvalue weighted by Gasteiger charge is 2.16. The second-order valence-electron chi connectivity index (χ2n) is 5.91. The molecule has 144 valence electrons. The average molecular weight is 363 g/mol. The smallest absolute Gasteiger partial charge is 0.407 e. The van der Waals surface area contributed by atoms with Crippen molar-refractivity contribution in [1.82, 2.24) is 15.1 Å². The van der Waals surface area contributed by atoms with Gasteiger partial charge in [-0.25, -0.2) is 4.79 Å². The molecule has 0 fully saturated rings. The van der Waals surface area contributed by atoms with Crippen LogP contribution in [-0.2, 0) is 20.9 Å². The van der Waals surface area contributed by atoms with E-state index in [-0.39, 0.29) is 31.4 Å². The number of carbonyl (C=O) groups is 3. The number of amides is 3. The number of nitrogens with zero attached hydrogens (tertiary/aromatic N) is 2. The number of likely N-dealkylation sites (N-methyl/N-ethyl adjacent to an activating group) is 2. The molecule has 7 heteroatoms. The van der Waals surface area contributed by atoms with Crippen molar-refractivity contribution in [3.63, 3.8) is 0 Å². The molecule has 1 aromatic carbocycles. The van der Waals surface area contributed by atoms with Crippen molar-refractivity contribution in [2.45, 2.75) is 33.3 Å². The molecule has 0 heterocycles. The van der Waals surface area contributed by atoms with Gasteiger partial charge in [0.25, 0.3) is 0 Å². The summed E-state index contributed by atoms with van der Waals surface area (Å²) in [4.78, 5) is 38.7. The first kappa shape index (κ1) is 21.5.